The fourth-order valence-electron chi connectivity index (χ4n) is 2.38. The van der Waals surface area contributed by atoms with Gasteiger partial charge in [0.15, 0.2) is 0 Å². The Bertz CT molecular complexity index is 665. The van der Waals surface area contributed by atoms with E-state index in [0.717, 1.165) is 28.6 Å². The van der Waals surface area contributed by atoms with Crippen LogP contribution in [0.25, 0.3) is 0 Å². The highest BCUT2D eigenvalue weighted by atomic mass is 79.9. The number of aryl methyl sites for hydroxylation is 1. The highest BCUT2D eigenvalue weighted by Gasteiger charge is 2.10. The van der Waals surface area contributed by atoms with Crippen molar-refractivity contribution >= 4 is 21.6 Å². The summed E-state index contributed by atoms with van der Waals surface area (Å²) in [5.41, 5.74) is 17.4. The van der Waals surface area contributed by atoms with Crippen LogP contribution in [0.15, 0.2) is 59.1 Å². The number of nitrogens with two attached hydrogens (primary N) is 2. The molecule has 0 amide bonds. The predicted molar refractivity (Wildman–Crippen MR) is 110 cm³/mol. The van der Waals surface area contributed by atoms with Gasteiger partial charge in [0, 0.05) is 16.7 Å². The highest BCUT2D eigenvalue weighted by molar-refractivity contribution is 9.10. The normalized spacial score (nSPS) is 11.4. The molecular formula is C21H29BrN2. The SMILES string of the molecule is C=C(C)C(C)Cc1c(N)cccc1CC.NCc1cccc(Br)c1. The van der Waals surface area contributed by atoms with E-state index in [1.54, 1.807) is 0 Å². The largest absolute Gasteiger partial charge is 0.398 e. The third-order valence-corrected chi connectivity index (χ3v) is 4.66. The van der Waals surface area contributed by atoms with Gasteiger partial charge >= 0.3 is 0 Å². The Balaban J connectivity index is 0.000000272. The van der Waals surface area contributed by atoms with Gasteiger partial charge in [-0.1, -0.05) is 66.2 Å². The van der Waals surface area contributed by atoms with Gasteiger partial charge in [-0.05, 0) is 60.6 Å². The van der Waals surface area contributed by atoms with Gasteiger partial charge in [-0.15, -0.1) is 0 Å². The molecule has 0 radical (unpaired) electrons. The smallest absolute Gasteiger partial charge is 0.0349 e. The average molecular weight is 389 g/mol. The van der Waals surface area contributed by atoms with Crippen molar-refractivity contribution in [2.75, 3.05) is 5.73 Å². The number of benzene rings is 2. The first-order valence-corrected chi connectivity index (χ1v) is 9.14. The minimum atomic E-state index is 0.500. The van der Waals surface area contributed by atoms with Gasteiger partial charge < -0.3 is 11.5 Å². The van der Waals surface area contributed by atoms with E-state index in [4.69, 9.17) is 11.5 Å². The molecule has 2 aromatic carbocycles. The first-order chi connectivity index (χ1) is 11.4. The summed E-state index contributed by atoms with van der Waals surface area (Å²) in [5, 5.41) is 0. The quantitative estimate of drug-likeness (QED) is 0.525. The second kappa shape index (κ2) is 10.3. The number of hydrogen-bond donors (Lipinski definition) is 2. The summed E-state index contributed by atoms with van der Waals surface area (Å²) in [6, 6.07) is 14.2. The van der Waals surface area contributed by atoms with Crippen LogP contribution in [0.1, 0.15) is 37.5 Å². The summed E-state index contributed by atoms with van der Waals surface area (Å²) in [6.07, 6.45) is 2.05. The van der Waals surface area contributed by atoms with E-state index in [-0.39, 0.29) is 0 Å². The Labute approximate surface area is 155 Å². The molecule has 1 atom stereocenters. The third-order valence-electron chi connectivity index (χ3n) is 4.17. The van der Waals surface area contributed by atoms with Crippen LogP contribution in [0.3, 0.4) is 0 Å². The van der Waals surface area contributed by atoms with Gasteiger partial charge in [-0.25, -0.2) is 0 Å². The fraction of sp³-hybridized carbons (Fsp3) is 0.333. The monoisotopic (exact) mass is 388 g/mol. The van der Waals surface area contributed by atoms with Crippen LogP contribution in [-0.2, 0) is 19.4 Å². The Hall–Kier alpha value is -1.58. The number of anilines is 1. The molecule has 130 valence electrons. The Morgan fingerprint density at radius 3 is 2.38 bits per heavy atom. The molecule has 24 heavy (non-hydrogen) atoms. The van der Waals surface area contributed by atoms with Crippen molar-refractivity contribution in [3.63, 3.8) is 0 Å². The molecule has 0 aromatic heterocycles. The summed E-state index contributed by atoms with van der Waals surface area (Å²) < 4.78 is 1.09. The molecular weight excluding hydrogens is 360 g/mol. The second-order valence-electron chi connectivity index (χ2n) is 6.12. The van der Waals surface area contributed by atoms with Crippen LogP contribution in [0, 0.1) is 5.92 Å². The summed E-state index contributed by atoms with van der Waals surface area (Å²) >= 11 is 3.35. The maximum atomic E-state index is 6.02. The topological polar surface area (TPSA) is 52.0 Å². The molecule has 0 saturated heterocycles. The van der Waals surface area contributed by atoms with Crippen LogP contribution in [-0.4, -0.2) is 0 Å². The molecule has 0 bridgehead atoms. The third kappa shape index (κ3) is 6.50. The minimum absolute atomic E-state index is 0.500. The van der Waals surface area contributed by atoms with Crippen molar-refractivity contribution < 1.29 is 0 Å². The fourth-order valence-corrected chi connectivity index (χ4v) is 2.83. The van der Waals surface area contributed by atoms with Gasteiger partial charge in [0.1, 0.15) is 0 Å². The lowest BCUT2D eigenvalue weighted by molar-refractivity contribution is 0.677. The Morgan fingerprint density at radius 1 is 1.21 bits per heavy atom. The van der Waals surface area contributed by atoms with Gasteiger partial charge in [0.05, 0.1) is 0 Å². The molecule has 2 aromatic rings. The van der Waals surface area contributed by atoms with E-state index in [2.05, 4.69) is 49.3 Å². The molecule has 0 aliphatic rings. The van der Waals surface area contributed by atoms with Crippen LogP contribution in [0.5, 0.6) is 0 Å². The van der Waals surface area contributed by atoms with Gasteiger partial charge in [-0.2, -0.15) is 0 Å². The molecule has 0 spiro atoms. The van der Waals surface area contributed by atoms with E-state index in [1.807, 2.05) is 36.4 Å². The van der Waals surface area contributed by atoms with Crippen molar-refractivity contribution in [2.24, 2.45) is 11.7 Å². The number of rotatable bonds is 5. The van der Waals surface area contributed by atoms with E-state index >= 15 is 0 Å². The van der Waals surface area contributed by atoms with Crippen LogP contribution in [0.2, 0.25) is 0 Å². The summed E-state index contributed by atoms with van der Waals surface area (Å²) in [6.45, 7) is 11.1. The zero-order valence-corrected chi connectivity index (χ0v) is 16.6. The molecule has 0 fully saturated rings. The average Bonchev–Trinajstić information content (AvgIpc) is 2.57. The van der Waals surface area contributed by atoms with Crippen molar-refractivity contribution in [2.45, 2.75) is 40.2 Å². The van der Waals surface area contributed by atoms with Gasteiger partial charge in [-0.3, -0.25) is 0 Å². The molecule has 1 unspecified atom stereocenters. The highest BCUT2D eigenvalue weighted by Crippen LogP contribution is 2.23. The number of nitrogen functional groups attached to an aromatic ring is 1. The predicted octanol–water partition coefficient (Wildman–Crippen LogP) is 5.49. The zero-order chi connectivity index (χ0) is 18.1. The number of hydrogen-bond acceptors (Lipinski definition) is 2. The standard InChI is InChI=1S/C14H21N.C7H8BrN/c1-5-12-7-6-8-14(15)13(12)9-11(4)10(2)3;8-7-3-1-2-6(4-7)5-9/h6-8,11H,2,5,9,15H2,1,3-4H3;1-4H,5,9H2. The molecule has 4 N–H and O–H groups in total. The summed E-state index contributed by atoms with van der Waals surface area (Å²) in [7, 11) is 0. The molecule has 0 saturated carbocycles. The van der Waals surface area contributed by atoms with Crippen molar-refractivity contribution in [3.05, 3.63) is 75.8 Å². The van der Waals surface area contributed by atoms with E-state index in [1.165, 1.54) is 16.7 Å². The molecule has 0 aliphatic carbocycles. The lowest BCUT2D eigenvalue weighted by Gasteiger charge is -2.16. The van der Waals surface area contributed by atoms with Gasteiger partial charge in [0.25, 0.3) is 0 Å². The minimum Gasteiger partial charge on any atom is -0.398 e. The Morgan fingerprint density at radius 2 is 1.88 bits per heavy atom. The molecule has 2 nitrogen and oxygen atoms in total. The molecule has 0 aliphatic heterocycles. The number of halogens is 1. The van der Waals surface area contributed by atoms with Gasteiger partial charge in [0.2, 0.25) is 0 Å². The maximum absolute atomic E-state index is 6.02. The molecule has 3 heteroatoms. The Kier molecular flexibility index (Phi) is 8.80. The van der Waals surface area contributed by atoms with Crippen molar-refractivity contribution in [1.82, 2.24) is 0 Å². The van der Waals surface area contributed by atoms with E-state index in [9.17, 15) is 0 Å². The first kappa shape index (κ1) is 20.5. The first-order valence-electron chi connectivity index (χ1n) is 8.35. The van der Waals surface area contributed by atoms with Crippen LogP contribution < -0.4 is 11.5 Å². The van der Waals surface area contributed by atoms with Crippen molar-refractivity contribution in [1.29, 1.82) is 0 Å². The lowest BCUT2D eigenvalue weighted by atomic mass is 9.91. The molecule has 2 rings (SSSR count). The summed E-state index contributed by atoms with van der Waals surface area (Å²) in [4.78, 5) is 0. The summed E-state index contributed by atoms with van der Waals surface area (Å²) in [5.74, 6) is 0.500. The second-order valence-corrected chi connectivity index (χ2v) is 7.04. The number of allylic oxidation sites excluding steroid dienone is 1. The van der Waals surface area contributed by atoms with E-state index < -0.39 is 0 Å². The molecule has 0 heterocycles. The van der Waals surface area contributed by atoms with Crippen LogP contribution >= 0.6 is 15.9 Å². The maximum Gasteiger partial charge on any atom is 0.0349 e. The lowest BCUT2D eigenvalue weighted by Crippen LogP contribution is -2.06. The zero-order valence-electron chi connectivity index (χ0n) is 15.0. The van der Waals surface area contributed by atoms with E-state index in [0.29, 0.717) is 12.5 Å². The van der Waals surface area contributed by atoms with Crippen LogP contribution in [0.4, 0.5) is 5.69 Å². The van der Waals surface area contributed by atoms with Crippen molar-refractivity contribution in [3.8, 4) is 0 Å².